The molecule has 2 N–H and O–H groups in total. The van der Waals surface area contributed by atoms with Gasteiger partial charge in [-0.15, -0.1) is 0 Å². The third kappa shape index (κ3) is 3.80. The standard InChI is InChI=1S/C14H20N2O3S/c1-11-5-7-13(8-6-11)20(18,19)16-10-9-15-14(17)12-3-2-4-12/h5-8,12,16H,2-4,9-10H2,1H3,(H,15,17). The summed E-state index contributed by atoms with van der Waals surface area (Å²) in [7, 11) is -3.49. The van der Waals surface area contributed by atoms with Crippen molar-refractivity contribution in [1.29, 1.82) is 0 Å². The molecule has 1 fully saturated rings. The van der Waals surface area contributed by atoms with E-state index in [-0.39, 0.29) is 23.3 Å². The quantitative estimate of drug-likeness (QED) is 0.774. The van der Waals surface area contributed by atoms with Crippen molar-refractivity contribution in [2.75, 3.05) is 13.1 Å². The number of benzene rings is 1. The third-order valence-corrected chi connectivity index (χ3v) is 5.00. The average molecular weight is 296 g/mol. The van der Waals surface area contributed by atoms with Crippen LogP contribution in [-0.4, -0.2) is 27.4 Å². The van der Waals surface area contributed by atoms with E-state index in [4.69, 9.17) is 0 Å². The number of rotatable bonds is 6. The normalized spacial score (nSPS) is 15.7. The fraction of sp³-hybridized carbons (Fsp3) is 0.500. The van der Waals surface area contributed by atoms with Crippen molar-refractivity contribution >= 4 is 15.9 Å². The maximum atomic E-state index is 12.0. The van der Waals surface area contributed by atoms with E-state index < -0.39 is 10.0 Å². The lowest BCUT2D eigenvalue weighted by Crippen LogP contribution is -2.39. The van der Waals surface area contributed by atoms with E-state index in [0.717, 1.165) is 24.8 Å². The molecule has 1 saturated carbocycles. The summed E-state index contributed by atoms with van der Waals surface area (Å²) in [5, 5.41) is 2.75. The highest BCUT2D eigenvalue weighted by Crippen LogP contribution is 2.25. The summed E-state index contributed by atoms with van der Waals surface area (Å²) in [6, 6.07) is 6.66. The Kier molecular flexibility index (Phi) is 4.77. The van der Waals surface area contributed by atoms with Gasteiger partial charge >= 0.3 is 0 Å². The lowest BCUT2D eigenvalue weighted by Gasteiger charge is -2.24. The van der Waals surface area contributed by atoms with Gasteiger partial charge in [0.05, 0.1) is 4.90 Å². The Labute approximate surface area is 119 Å². The van der Waals surface area contributed by atoms with E-state index in [1.165, 1.54) is 0 Å². The van der Waals surface area contributed by atoms with Gasteiger partial charge in [-0.2, -0.15) is 0 Å². The van der Waals surface area contributed by atoms with Crippen molar-refractivity contribution < 1.29 is 13.2 Å². The van der Waals surface area contributed by atoms with Crippen LogP contribution in [0.4, 0.5) is 0 Å². The molecule has 20 heavy (non-hydrogen) atoms. The molecule has 6 heteroatoms. The van der Waals surface area contributed by atoms with Gasteiger partial charge in [0.15, 0.2) is 0 Å². The molecule has 0 radical (unpaired) electrons. The maximum Gasteiger partial charge on any atom is 0.240 e. The predicted octanol–water partition coefficient (Wildman–Crippen LogP) is 1.19. The molecule has 0 unspecified atom stereocenters. The van der Waals surface area contributed by atoms with Crippen LogP contribution in [0.3, 0.4) is 0 Å². The highest BCUT2D eigenvalue weighted by molar-refractivity contribution is 7.89. The van der Waals surface area contributed by atoms with Gasteiger partial charge in [0.1, 0.15) is 0 Å². The number of amides is 1. The third-order valence-electron chi connectivity index (χ3n) is 3.52. The second-order valence-corrected chi connectivity index (χ2v) is 6.90. The Balaban J connectivity index is 1.77. The summed E-state index contributed by atoms with van der Waals surface area (Å²) in [6.07, 6.45) is 3.00. The molecule has 110 valence electrons. The van der Waals surface area contributed by atoms with Crippen LogP contribution in [0.25, 0.3) is 0 Å². The average Bonchev–Trinajstić information content (AvgIpc) is 2.33. The molecule has 1 amide bonds. The first kappa shape index (κ1) is 15.0. The molecule has 1 aliphatic rings. The summed E-state index contributed by atoms with van der Waals surface area (Å²) >= 11 is 0. The number of carbonyl (C=O) groups is 1. The molecule has 0 spiro atoms. The summed E-state index contributed by atoms with van der Waals surface area (Å²) in [5.41, 5.74) is 1.01. The minimum atomic E-state index is -3.49. The highest BCUT2D eigenvalue weighted by atomic mass is 32.2. The Morgan fingerprint density at radius 2 is 1.85 bits per heavy atom. The van der Waals surface area contributed by atoms with E-state index >= 15 is 0 Å². The van der Waals surface area contributed by atoms with Crippen LogP contribution in [0.5, 0.6) is 0 Å². The number of carbonyl (C=O) groups excluding carboxylic acids is 1. The number of hydrogen-bond donors (Lipinski definition) is 2. The largest absolute Gasteiger partial charge is 0.355 e. The molecule has 5 nitrogen and oxygen atoms in total. The molecule has 0 aliphatic heterocycles. The second-order valence-electron chi connectivity index (χ2n) is 5.13. The van der Waals surface area contributed by atoms with Crippen molar-refractivity contribution in [3.8, 4) is 0 Å². The molecule has 1 aromatic carbocycles. The molecular weight excluding hydrogens is 276 g/mol. The smallest absolute Gasteiger partial charge is 0.240 e. The number of hydrogen-bond acceptors (Lipinski definition) is 3. The van der Waals surface area contributed by atoms with Crippen molar-refractivity contribution in [2.45, 2.75) is 31.1 Å². The molecule has 0 atom stereocenters. The molecule has 2 rings (SSSR count). The monoisotopic (exact) mass is 296 g/mol. The van der Waals surface area contributed by atoms with Crippen molar-refractivity contribution in [2.24, 2.45) is 5.92 Å². The molecular formula is C14H20N2O3S. The second kappa shape index (κ2) is 6.37. The van der Waals surface area contributed by atoms with Crippen LogP contribution in [0, 0.1) is 12.8 Å². The summed E-state index contributed by atoms with van der Waals surface area (Å²) in [5.74, 6) is 0.162. The first-order valence-electron chi connectivity index (χ1n) is 6.83. The van der Waals surface area contributed by atoms with Gasteiger partial charge in [0.2, 0.25) is 15.9 Å². The van der Waals surface area contributed by atoms with E-state index in [9.17, 15) is 13.2 Å². The topological polar surface area (TPSA) is 75.3 Å². The number of sulfonamides is 1. The van der Waals surface area contributed by atoms with Crippen molar-refractivity contribution in [1.82, 2.24) is 10.0 Å². The molecule has 0 bridgehead atoms. The maximum absolute atomic E-state index is 12.0. The first-order chi connectivity index (χ1) is 9.49. The van der Waals surface area contributed by atoms with Crippen LogP contribution < -0.4 is 10.0 Å². The van der Waals surface area contributed by atoms with Gasteiger partial charge in [0, 0.05) is 19.0 Å². The van der Waals surface area contributed by atoms with Gasteiger partial charge < -0.3 is 5.32 Å². The van der Waals surface area contributed by atoms with Crippen LogP contribution in [0.1, 0.15) is 24.8 Å². The van der Waals surface area contributed by atoms with Gasteiger partial charge in [-0.1, -0.05) is 24.1 Å². The van der Waals surface area contributed by atoms with Crippen LogP contribution in [0.2, 0.25) is 0 Å². The van der Waals surface area contributed by atoms with Gasteiger partial charge in [-0.3, -0.25) is 4.79 Å². The van der Waals surface area contributed by atoms with E-state index in [1.54, 1.807) is 24.3 Å². The highest BCUT2D eigenvalue weighted by Gasteiger charge is 2.24. The SMILES string of the molecule is Cc1ccc(S(=O)(=O)NCCNC(=O)C2CCC2)cc1. The van der Waals surface area contributed by atoms with E-state index in [0.29, 0.717) is 6.54 Å². The number of aryl methyl sites for hydroxylation is 1. The summed E-state index contributed by atoms with van der Waals surface area (Å²) in [6.45, 7) is 2.43. The zero-order chi connectivity index (χ0) is 14.6. The van der Waals surface area contributed by atoms with Crippen LogP contribution in [-0.2, 0) is 14.8 Å². The first-order valence-corrected chi connectivity index (χ1v) is 8.31. The Morgan fingerprint density at radius 1 is 1.20 bits per heavy atom. The number of nitrogens with one attached hydrogen (secondary N) is 2. The molecule has 1 aromatic rings. The fourth-order valence-corrected chi connectivity index (χ4v) is 3.02. The zero-order valence-electron chi connectivity index (χ0n) is 11.6. The lowest BCUT2D eigenvalue weighted by molar-refractivity contribution is -0.127. The predicted molar refractivity (Wildman–Crippen MR) is 76.7 cm³/mol. The minimum absolute atomic E-state index is 0.0331. The van der Waals surface area contributed by atoms with Gasteiger partial charge in [0.25, 0.3) is 0 Å². The Bertz CT molecular complexity index is 563. The van der Waals surface area contributed by atoms with Crippen molar-refractivity contribution in [3.05, 3.63) is 29.8 Å². The molecule has 0 heterocycles. The molecule has 0 saturated heterocycles. The summed E-state index contributed by atoms with van der Waals surface area (Å²) < 4.78 is 26.4. The van der Waals surface area contributed by atoms with Gasteiger partial charge in [-0.05, 0) is 31.9 Å². The van der Waals surface area contributed by atoms with Crippen LogP contribution >= 0.6 is 0 Å². The molecule has 0 aromatic heterocycles. The molecule has 1 aliphatic carbocycles. The summed E-state index contributed by atoms with van der Waals surface area (Å²) in [4.78, 5) is 11.8. The van der Waals surface area contributed by atoms with Gasteiger partial charge in [-0.25, -0.2) is 13.1 Å². The lowest BCUT2D eigenvalue weighted by atomic mass is 9.85. The Morgan fingerprint density at radius 3 is 2.40 bits per heavy atom. The minimum Gasteiger partial charge on any atom is -0.355 e. The van der Waals surface area contributed by atoms with Crippen LogP contribution in [0.15, 0.2) is 29.2 Å². The Hall–Kier alpha value is -1.40. The van der Waals surface area contributed by atoms with E-state index in [2.05, 4.69) is 10.0 Å². The van der Waals surface area contributed by atoms with Crippen molar-refractivity contribution in [3.63, 3.8) is 0 Å². The zero-order valence-corrected chi connectivity index (χ0v) is 12.4. The fourth-order valence-electron chi connectivity index (χ4n) is 1.99. The van der Waals surface area contributed by atoms with E-state index in [1.807, 2.05) is 6.92 Å².